The highest BCUT2D eigenvalue weighted by molar-refractivity contribution is 9.10. The molecular formula is C19H17BrClN3O. The number of hydrogen-bond donors (Lipinski definition) is 0. The van der Waals surface area contributed by atoms with Crippen LogP contribution in [0.5, 0.6) is 0 Å². The van der Waals surface area contributed by atoms with E-state index in [-0.39, 0.29) is 5.56 Å². The van der Waals surface area contributed by atoms with Crippen LogP contribution in [0.25, 0.3) is 10.9 Å². The normalized spacial score (nSPS) is 11.5. The highest BCUT2D eigenvalue weighted by atomic mass is 79.9. The van der Waals surface area contributed by atoms with Crippen LogP contribution < -0.4 is 5.56 Å². The minimum Gasteiger partial charge on any atom is -0.267 e. The van der Waals surface area contributed by atoms with Gasteiger partial charge in [-0.05, 0) is 42.3 Å². The third-order valence-electron chi connectivity index (χ3n) is 3.82. The van der Waals surface area contributed by atoms with Gasteiger partial charge in [-0.15, -0.1) is 0 Å². The van der Waals surface area contributed by atoms with Gasteiger partial charge >= 0.3 is 0 Å². The van der Waals surface area contributed by atoms with E-state index in [1.165, 1.54) is 4.68 Å². The Bertz CT molecular complexity index is 980. The number of aromatic nitrogens is 2. The Morgan fingerprint density at radius 2 is 2.00 bits per heavy atom. The van der Waals surface area contributed by atoms with Gasteiger partial charge in [0.15, 0.2) is 0 Å². The second-order valence-corrected chi connectivity index (χ2v) is 7.06. The number of halogens is 2. The van der Waals surface area contributed by atoms with Crippen LogP contribution in [0.4, 0.5) is 0 Å². The molecule has 0 aliphatic carbocycles. The molecule has 0 aliphatic rings. The summed E-state index contributed by atoms with van der Waals surface area (Å²) in [6, 6.07) is 12.8. The molecule has 0 N–H and O–H groups in total. The zero-order chi connectivity index (χ0) is 17.8. The number of hydrogen-bond acceptors (Lipinski definition) is 3. The molecule has 0 saturated heterocycles. The van der Waals surface area contributed by atoms with Crippen LogP contribution in [-0.4, -0.2) is 15.9 Å². The molecule has 0 saturated carbocycles. The summed E-state index contributed by atoms with van der Waals surface area (Å²) in [4.78, 5) is 17.6. The smallest absolute Gasteiger partial charge is 0.267 e. The first-order valence-corrected chi connectivity index (χ1v) is 9.26. The van der Waals surface area contributed by atoms with Crippen molar-refractivity contribution in [3.8, 4) is 0 Å². The van der Waals surface area contributed by atoms with Gasteiger partial charge in [0.1, 0.15) is 5.82 Å². The second kappa shape index (κ2) is 7.93. The minimum atomic E-state index is -0.164. The Morgan fingerprint density at radius 3 is 2.72 bits per heavy atom. The van der Waals surface area contributed by atoms with E-state index in [9.17, 15) is 4.79 Å². The van der Waals surface area contributed by atoms with Gasteiger partial charge in [-0.2, -0.15) is 9.78 Å². The molecule has 6 heteroatoms. The van der Waals surface area contributed by atoms with E-state index in [0.717, 1.165) is 22.9 Å². The number of unbranched alkanes of at least 4 members (excludes halogenated alkanes) is 1. The maximum Gasteiger partial charge on any atom is 0.282 e. The standard InChI is InChI=1S/C19H17BrClN3O/c1-2-3-4-18-23-17-10-7-14(20)11-16(17)19(25)24(18)22-12-13-5-8-15(21)9-6-13/h5-12H,2-4H2,1H3. The van der Waals surface area contributed by atoms with Gasteiger partial charge in [0.2, 0.25) is 0 Å². The van der Waals surface area contributed by atoms with Crippen molar-refractivity contribution in [1.29, 1.82) is 0 Å². The van der Waals surface area contributed by atoms with E-state index in [2.05, 4.69) is 32.9 Å². The second-order valence-electron chi connectivity index (χ2n) is 5.71. The molecule has 0 spiro atoms. The van der Waals surface area contributed by atoms with Gasteiger partial charge in [0.05, 0.1) is 17.1 Å². The van der Waals surface area contributed by atoms with Crippen LogP contribution in [0.2, 0.25) is 5.02 Å². The Morgan fingerprint density at radius 1 is 1.24 bits per heavy atom. The van der Waals surface area contributed by atoms with E-state index >= 15 is 0 Å². The van der Waals surface area contributed by atoms with E-state index in [1.807, 2.05) is 24.3 Å². The lowest BCUT2D eigenvalue weighted by molar-refractivity contribution is 0.675. The molecule has 1 aromatic heterocycles. The largest absolute Gasteiger partial charge is 0.282 e. The third-order valence-corrected chi connectivity index (χ3v) is 4.57. The fourth-order valence-corrected chi connectivity index (χ4v) is 2.97. The number of aryl methyl sites for hydroxylation is 1. The van der Waals surface area contributed by atoms with Crippen LogP contribution in [-0.2, 0) is 6.42 Å². The summed E-state index contributed by atoms with van der Waals surface area (Å²) in [5.41, 5.74) is 1.40. The van der Waals surface area contributed by atoms with Gasteiger partial charge < -0.3 is 0 Å². The van der Waals surface area contributed by atoms with Gasteiger partial charge in [0, 0.05) is 15.9 Å². The molecule has 0 atom stereocenters. The van der Waals surface area contributed by atoms with Crippen molar-refractivity contribution in [1.82, 2.24) is 9.66 Å². The summed E-state index contributed by atoms with van der Waals surface area (Å²) in [7, 11) is 0. The highest BCUT2D eigenvalue weighted by Gasteiger charge is 2.10. The molecule has 4 nitrogen and oxygen atoms in total. The molecule has 0 unspecified atom stereocenters. The van der Waals surface area contributed by atoms with Crippen LogP contribution in [0.1, 0.15) is 31.2 Å². The Labute approximate surface area is 159 Å². The molecular weight excluding hydrogens is 402 g/mol. The lowest BCUT2D eigenvalue weighted by Gasteiger charge is -2.09. The van der Waals surface area contributed by atoms with Gasteiger partial charge in [0.25, 0.3) is 5.56 Å². The monoisotopic (exact) mass is 417 g/mol. The first kappa shape index (κ1) is 17.8. The Hall–Kier alpha value is -1.98. The van der Waals surface area contributed by atoms with Crippen molar-refractivity contribution >= 4 is 44.6 Å². The van der Waals surface area contributed by atoms with Gasteiger partial charge in [-0.25, -0.2) is 4.98 Å². The molecule has 3 aromatic rings. The average Bonchev–Trinajstić information content (AvgIpc) is 2.61. The summed E-state index contributed by atoms with van der Waals surface area (Å²) >= 11 is 9.31. The minimum absolute atomic E-state index is 0.164. The molecule has 25 heavy (non-hydrogen) atoms. The molecule has 0 amide bonds. The van der Waals surface area contributed by atoms with E-state index < -0.39 is 0 Å². The average molecular weight is 419 g/mol. The van der Waals surface area contributed by atoms with Crippen LogP contribution in [0, 0.1) is 0 Å². The fourth-order valence-electron chi connectivity index (χ4n) is 2.48. The number of nitrogens with zero attached hydrogens (tertiary/aromatic N) is 3. The molecule has 1 heterocycles. The predicted octanol–water partition coefficient (Wildman–Crippen LogP) is 5.04. The van der Waals surface area contributed by atoms with Gasteiger partial charge in [-0.1, -0.05) is 53.0 Å². The van der Waals surface area contributed by atoms with Crippen LogP contribution in [0.15, 0.2) is 56.8 Å². The van der Waals surface area contributed by atoms with E-state index in [4.69, 9.17) is 11.6 Å². The van der Waals surface area contributed by atoms with E-state index in [0.29, 0.717) is 28.2 Å². The topological polar surface area (TPSA) is 47.2 Å². The van der Waals surface area contributed by atoms with Gasteiger partial charge in [-0.3, -0.25) is 4.79 Å². The summed E-state index contributed by atoms with van der Waals surface area (Å²) in [6.45, 7) is 2.11. The summed E-state index contributed by atoms with van der Waals surface area (Å²) in [5.74, 6) is 0.673. The van der Waals surface area contributed by atoms with Crippen molar-refractivity contribution in [2.24, 2.45) is 5.10 Å². The Kier molecular flexibility index (Phi) is 5.66. The Balaban J connectivity index is 2.11. The zero-order valence-electron chi connectivity index (χ0n) is 13.7. The quantitative estimate of drug-likeness (QED) is 0.545. The number of fused-ring (bicyclic) bond motifs is 1. The lowest BCUT2D eigenvalue weighted by atomic mass is 10.2. The molecule has 0 fully saturated rings. The lowest BCUT2D eigenvalue weighted by Crippen LogP contribution is -2.22. The highest BCUT2D eigenvalue weighted by Crippen LogP contribution is 2.17. The van der Waals surface area contributed by atoms with Crippen molar-refractivity contribution in [3.63, 3.8) is 0 Å². The van der Waals surface area contributed by atoms with Crippen molar-refractivity contribution in [3.05, 3.63) is 73.7 Å². The van der Waals surface area contributed by atoms with Crippen molar-refractivity contribution in [2.75, 3.05) is 0 Å². The first-order valence-electron chi connectivity index (χ1n) is 8.09. The maximum absolute atomic E-state index is 12.9. The predicted molar refractivity (Wildman–Crippen MR) is 107 cm³/mol. The fraction of sp³-hybridized carbons (Fsp3) is 0.211. The third kappa shape index (κ3) is 4.17. The SMILES string of the molecule is CCCCc1nc2ccc(Br)cc2c(=O)n1N=Cc1ccc(Cl)cc1. The van der Waals surface area contributed by atoms with Crippen molar-refractivity contribution < 1.29 is 0 Å². The summed E-state index contributed by atoms with van der Waals surface area (Å²) in [5, 5.41) is 5.60. The molecule has 0 radical (unpaired) electrons. The number of rotatable bonds is 5. The first-order chi connectivity index (χ1) is 12.1. The van der Waals surface area contributed by atoms with Crippen molar-refractivity contribution in [2.45, 2.75) is 26.2 Å². The summed E-state index contributed by atoms with van der Waals surface area (Å²) in [6.07, 6.45) is 4.33. The zero-order valence-corrected chi connectivity index (χ0v) is 16.1. The molecule has 0 bridgehead atoms. The molecule has 3 rings (SSSR count). The number of benzene rings is 2. The molecule has 2 aromatic carbocycles. The summed E-state index contributed by atoms with van der Waals surface area (Å²) < 4.78 is 2.24. The van der Waals surface area contributed by atoms with Crippen LogP contribution >= 0.6 is 27.5 Å². The maximum atomic E-state index is 12.9. The van der Waals surface area contributed by atoms with E-state index in [1.54, 1.807) is 24.4 Å². The van der Waals surface area contributed by atoms with Crippen LogP contribution in [0.3, 0.4) is 0 Å². The molecule has 0 aliphatic heterocycles. The molecule has 128 valence electrons.